The summed E-state index contributed by atoms with van der Waals surface area (Å²) in [5.41, 5.74) is 4.47. The van der Waals surface area contributed by atoms with E-state index in [4.69, 9.17) is 4.98 Å². The minimum Gasteiger partial charge on any atom is -0.372 e. The molecule has 7 nitrogen and oxygen atoms in total. The summed E-state index contributed by atoms with van der Waals surface area (Å²) in [6, 6.07) is 22.3. The van der Waals surface area contributed by atoms with E-state index in [9.17, 15) is 14.9 Å². The number of thiazole rings is 1. The Morgan fingerprint density at radius 2 is 1.79 bits per heavy atom. The van der Waals surface area contributed by atoms with Crippen molar-refractivity contribution in [3.05, 3.63) is 99.4 Å². The van der Waals surface area contributed by atoms with Crippen molar-refractivity contribution in [1.82, 2.24) is 10.3 Å². The Balaban J connectivity index is 1.47. The predicted octanol–water partition coefficient (Wildman–Crippen LogP) is 5.38. The van der Waals surface area contributed by atoms with Crippen LogP contribution in [0.5, 0.6) is 0 Å². The number of anilines is 1. The smallest absolute Gasteiger partial charge is 0.293 e. The van der Waals surface area contributed by atoms with E-state index in [-0.39, 0.29) is 17.2 Å². The molecule has 1 heterocycles. The number of hydrogen-bond donors (Lipinski definition) is 1. The highest BCUT2D eigenvalue weighted by atomic mass is 32.1. The fourth-order valence-electron chi connectivity index (χ4n) is 3.44. The number of rotatable bonds is 7. The molecule has 0 spiro atoms. The van der Waals surface area contributed by atoms with E-state index in [2.05, 4.69) is 5.32 Å². The van der Waals surface area contributed by atoms with Crippen LogP contribution in [0.4, 0.5) is 11.4 Å². The van der Waals surface area contributed by atoms with E-state index < -0.39 is 4.92 Å². The molecule has 0 aliphatic rings. The molecule has 4 rings (SSSR count). The van der Waals surface area contributed by atoms with Gasteiger partial charge in [-0.3, -0.25) is 14.9 Å². The molecule has 0 bridgehead atoms. The number of nitro benzene ring substituents is 1. The maximum atomic E-state index is 12.6. The van der Waals surface area contributed by atoms with Crippen LogP contribution in [0.15, 0.2) is 78.2 Å². The lowest BCUT2D eigenvalue weighted by Gasteiger charge is -2.13. The van der Waals surface area contributed by atoms with E-state index in [0.717, 1.165) is 27.4 Å². The van der Waals surface area contributed by atoms with Gasteiger partial charge in [-0.2, -0.15) is 0 Å². The third-order valence-electron chi connectivity index (χ3n) is 5.12. The van der Waals surface area contributed by atoms with Crippen LogP contribution < -0.4 is 10.2 Å². The third-order valence-corrected chi connectivity index (χ3v) is 6.01. The standard InChI is InChI=1S/C25H22N4O3S/c1-28(2)22-12-11-19(14-23(22)29(31)32)24(30)26-15-17-7-6-10-20(13-17)25-27-21(16-33-25)18-8-4-3-5-9-18/h3-14,16H,15H2,1-2H3,(H,26,30). The summed E-state index contributed by atoms with van der Waals surface area (Å²) in [5, 5.41) is 17.2. The molecule has 1 amide bonds. The number of nitrogens with one attached hydrogen (secondary N) is 1. The van der Waals surface area contributed by atoms with Crippen molar-refractivity contribution in [1.29, 1.82) is 0 Å². The number of carbonyl (C=O) groups is 1. The van der Waals surface area contributed by atoms with Gasteiger partial charge < -0.3 is 10.2 Å². The van der Waals surface area contributed by atoms with Gasteiger partial charge in [-0.1, -0.05) is 48.5 Å². The van der Waals surface area contributed by atoms with Crippen LogP contribution in [-0.2, 0) is 6.54 Å². The van der Waals surface area contributed by atoms with Gasteiger partial charge in [0.05, 0.1) is 10.6 Å². The minimum absolute atomic E-state index is 0.104. The third kappa shape index (κ3) is 5.07. The molecule has 0 radical (unpaired) electrons. The molecule has 3 aromatic carbocycles. The van der Waals surface area contributed by atoms with Crippen LogP contribution in [0, 0.1) is 10.1 Å². The Morgan fingerprint density at radius 3 is 2.52 bits per heavy atom. The zero-order chi connectivity index (χ0) is 23.4. The fourth-order valence-corrected chi connectivity index (χ4v) is 4.26. The predicted molar refractivity (Wildman–Crippen MR) is 132 cm³/mol. The first kappa shape index (κ1) is 22.2. The molecule has 0 aliphatic heterocycles. The molecule has 0 aliphatic carbocycles. The molecule has 0 fully saturated rings. The molecule has 4 aromatic rings. The fraction of sp³-hybridized carbons (Fsp3) is 0.120. The Kier molecular flexibility index (Phi) is 6.46. The SMILES string of the molecule is CN(C)c1ccc(C(=O)NCc2cccc(-c3nc(-c4ccccc4)cs3)c2)cc1[N+](=O)[O-]. The van der Waals surface area contributed by atoms with Gasteiger partial charge in [0, 0.05) is 48.8 Å². The van der Waals surface area contributed by atoms with Crippen LogP contribution in [0.25, 0.3) is 21.8 Å². The molecule has 0 atom stereocenters. The Morgan fingerprint density at radius 1 is 1.03 bits per heavy atom. The minimum atomic E-state index is -0.479. The van der Waals surface area contributed by atoms with E-state index in [0.29, 0.717) is 12.2 Å². The van der Waals surface area contributed by atoms with Crippen molar-refractivity contribution in [2.75, 3.05) is 19.0 Å². The van der Waals surface area contributed by atoms with Crippen LogP contribution in [0.3, 0.4) is 0 Å². The molecule has 0 saturated heterocycles. The molecular weight excluding hydrogens is 436 g/mol. The van der Waals surface area contributed by atoms with Gasteiger partial charge in [0.1, 0.15) is 10.7 Å². The number of benzene rings is 3. The average molecular weight is 459 g/mol. The van der Waals surface area contributed by atoms with Gasteiger partial charge >= 0.3 is 0 Å². The first-order chi connectivity index (χ1) is 15.9. The Labute approximate surface area is 195 Å². The summed E-state index contributed by atoms with van der Waals surface area (Å²) in [4.78, 5) is 29.9. The van der Waals surface area contributed by atoms with E-state index >= 15 is 0 Å². The highest BCUT2D eigenvalue weighted by Crippen LogP contribution is 2.30. The van der Waals surface area contributed by atoms with Crippen molar-refractivity contribution in [3.8, 4) is 21.8 Å². The van der Waals surface area contributed by atoms with Crippen molar-refractivity contribution < 1.29 is 9.72 Å². The van der Waals surface area contributed by atoms with Gasteiger partial charge in [0.15, 0.2) is 0 Å². The first-order valence-corrected chi connectivity index (χ1v) is 11.1. The van der Waals surface area contributed by atoms with E-state index in [1.54, 1.807) is 42.5 Å². The number of carbonyl (C=O) groups excluding carboxylic acids is 1. The highest BCUT2D eigenvalue weighted by Gasteiger charge is 2.18. The summed E-state index contributed by atoms with van der Waals surface area (Å²) < 4.78 is 0. The lowest BCUT2D eigenvalue weighted by molar-refractivity contribution is -0.384. The summed E-state index contributed by atoms with van der Waals surface area (Å²) in [7, 11) is 3.45. The molecule has 1 N–H and O–H groups in total. The van der Waals surface area contributed by atoms with Crippen molar-refractivity contribution in [2.45, 2.75) is 6.54 Å². The van der Waals surface area contributed by atoms with E-state index in [1.165, 1.54) is 6.07 Å². The number of hydrogen-bond acceptors (Lipinski definition) is 6. The van der Waals surface area contributed by atoms with Crippen LogP contribution >= 0.6 is 11.3 Å². The first-order valence-electron chi connectivity index (χ1n) is 10.3. The zero-order valence-corrected chi connectivity index (χ0v) is 19.0. The summed E-state index contributed by atoms with van der Waals surface area (Å²) in [5.74, 6) is -0.366. The normalized spacial score (nSPS) is 10.6. The van der Waals surface area contributed by atoms with Gasteiger partial charge in [0.2, 0.25) is 0 Å². The summed E-state index contributed by atoms with van der Waals surface area (Å²) in [6.07, 6.45) is 0. The average Bonchev–Trinajstić information content (AvgIpc) is 3.33. The molecular formula is C25H22N4O3S. The quantitative estimate of drug-likeness (QED) is 0.297. The van der Waals surface area contributed by atoms with Gasteiger partial charge in [-0.15, -0.1) is 11.3 Å². The monoisotopic (exact) mass is 458 g/mol. The molecule has 33 heavy (non-hydrogen) atoms. The molecule has 166 valence electrons. The van der Waals surface area contributed by atoms with Crippen molar-refractivity contribution in [3.63, 3.8) is 0 Å². The lowest BCUT2D eigenvalue weighted by Crippen LogP contribution is -2.23. The maximum absolute atomic E-state index is 12.6. The van der Waals surface area contributed by atoms with Gasteiger partial charge in [-0.05, 0) is 23.8 Å². The van der Waals surface area contributed by atoms with Crippen LogP contribution in [0.1, 0.15) is 15.9 Å². The molecule has 0 unspecified atom stereocenters. The van der Waals surface area contributed by atoms with Gasteiger partial charge in [-0.25, -0.2) is 4.98 Å². The van der Waals surface area contributed by atoms with Gasteiger partial charge in [0.25, 0.3) is 11.6 Å². The zero-order valence-electron chi connectivity index (χ0n) is 18.2. The van der Waals surface area contributed by atoms with Crippen molar-refractivity contribution >= 4 is 28.6 Å². The van der Waals surface area contributed by atoms with Crippen LogP contribution in [-0.4, -0.2) is 29.9 Å². The van der Waals surface area contributed by atoms with Crippen LogP contribution in [0.2, 0.25) is 0 Å². The second kappa shape index (κ2) is 9.62. The number of amides is 1. The maximum Gasteiger partial charge on any atom is 0.293 e. The number of nitrogens with zero attached hydrogens (tertiary/aromatic N) is 3. The molecule has 0 saturated carbocycles. The second-order valence-corrected chi connectivity index (χ2v) is 8.50. The topological polar surface area (TPSA) is 88.4 Å². The Hall–Kier alpha value is -4.04. The second-order valence-electron chi connectivity index (χ2n) is 7.64. The Bertz CT molecular complexity index is 1300. The van der Waals surface area contributed by atoms with Crippen molar-refractivity contribution in [2.24, 2.45) is 0 Å². The molecule has 1 aromatic heterocycles. The highest BCUT2D eigenvalue weighted by molar-refractivity contribution is 7.13. The summed E-state index contributed by atoms with van der Waals surface area (Å²) >= 11 is 1.57. The largest absolute Gasteiger partial charge is 0.372 e. The number of aromatic nitrogens is 1. The number of nitro groups is 1. The lowest BCUT2D eigenvalue weighted by atomic mass is 10.1. The molecule has 8 heteroatoms. The van der Waals surface area contributed by atoms with E-state index in [1.807, 2.05) is 60.0 Å². The summed E-state index contributed by atoms with van der Waals surface area (Å²) in [6.45, 7) is 0.298.